The third-order valence-corrected chi connectivity index (χ3v) is 5.28. The SMILES string of the molecule is CCNC(=NCCn1cnnc1CC)N1CCC(c2cc(OC)cc(OC)c2)C1. The van der Waals surface area contributed by atoms with E-state index in [0.29, 0.717) is 12.5 Å². The summed E-state index contributed by atoms with van der Waals surface area (Å²) in [6.07, 6.45) is 3.73. The number of hydrogen-bond acceptors (Lipinski definition) is 5. The number of nitrogens with one attached hydrogen (secondary N) is 1. The maximum atomic E-state index is 5.43. The summed E-state index contributed by atoms with van der Waals surface area (Å²) in [5.74, 6) is 4.06. The minimum absolute atomic E-state index is 0.424. The van der Waals surface area contributed by atoms with Crippen molar-refractivity contribution in [2.45, 2.75) is 39.2 Å². The predicted octanol–water partition coefficient (Wildman–Crippen LogP) is 2.31. The highest BCUT2D eigenvalue weighted by molar-refractivity contribution is 5.80. The normalized spacial score (nSPS) is 16.9. The minimum Gasteiger partial charge on any atom is -0.497 e. The summed E-state index contributed by atoms with van der Waals surface area (Å²) in [4.78, 5) is 7.19. The monoisotopic (exact) mass is 400 g/mol. The topological polar surface area (TPSA) is 76.8 Å². The van der Waals surface area contributed by atoms with Crippen molar-refractivity contribution in [1.29, 1.82) is 0 Å². The zero-order valence-corrected chi connectivity index (χ0v) is 17.9. The average molecular weight is 401 g/mol. The standard InChI is InChI=1S/C21H32N6O2/c1-5-20-25-24-15-27(20)10-8-23-21(22-6-2)26-9-7-16(14-26)17-11-18(28-3)13-19(12-17)29-4/h11-13,15-16H,5-10,14H2,1-4H3,(H,22,23). The molecule has 0 amide bonds. The largest absolute Gasteiger partial charge is 0.497 e. The molecule has 1 N–H and O–H groups in total. The first-order valence-corrected chi connectivity index (χ1v) is 10.3. The molecule has 1 atom stereocenters. The van der Waals surface area contributed by atoms with Crippen LogP contribution in [0.2, 0.25) is 0 Å². The predicted molar refractivity (Wildman–Crippen MR) is 114 cm³/mol. The Balaban J connectivity index is 1.67. The van der Waals surface area contributed by atoms with Gasteiger partial charge in [-0.1, -0.05) is 6.92 Å². The molecule has 2 aromatic rings. The molecular formula is C21H32N6O2. The molecule has 3 rings (SSSR count). The third-order valence-electron chi connectivity index (χ3n) is 5.28. The first-order valence-electron chi connectivity index (χ1n) is 10.3. The molecule has 0 saturated carbocycles. The van der Waals surface area contributed by atoms with E-state index in [2.05, 4.69) is 51.0 Å². The zero-order valence-electron chi connectivity index (χ0n) is 17.9. The van der Waals surface area contributed by atoms with Crippen LogP contribution in [-0.4, -0.2) is 66.0 Å². The molecule has 29 heavy (non-hydrogen) atoms. The Hall–Kier alpha value is -2.77. The number of rotatable bonds is 8. The summed E-state index contributed by atoms with van der Waals surface area (Å²) in [7, 11) is 3.38. The highest BCUT2D eigenvalue weighted by Gasteiger charge is 2.27. The molecule has 2 heterocycles. The molecule has 1 aliphatic rings. The maximum Gasteiger partial charge on any atom is 0.193 e. The molecule has 1 aromatic carbocycles. The summed E-state index contributed by atoms with van der Waals surface area (Å²) in [5.41, 5.74) is 1.25. The molecule has 8 heteroatoms. The van der Waals surface area contributed by atoms with Crippen LogP contribution in [0.3, 0.4) is 0 Å². The van der Waals surface area contributed by atoms with E-state index in [1.807, 2.05) is 6.07 Å². The van der Waals surface area contributed by atoms with Gasteiger partial charge in [-0.15, -0.1) is 10.2 Å². The van der Waals surface area contributed by atoms with E-state index >= 15 is 0 Å². The van der Waals surface area contributed by atoms with E-state index < -0.39 is 0 Å². The quantitative estimate of drug-likeness (QED) is 0.541. The number of aromatic nitrogens is 3. The van der Waals surface area contributed by atoms with Gasteiger partial charge in [0.1, 0.15) is 23.7 Å². The van der Waals surface area contributed by atoms with Gasteiger partial charge in [-0.05, 0) is 31.0 Å². The lowest BCUT2D eigenvalue weighted by Gasteiger charge is -2.22. The van der Waals surface area contributed by atoms with E-state index in [4.69, 9.17) is 14.5 Å². The smallest absolute Gasteiger partial charge is 0.193 e. The lowest BCUT2D eigenvalue weighted by Crippen LogP contribution is -2.40. The number of nitrogens with zero attached hydrogens (tertiary/aromatic N) is 5. The van der Waals surface area contributed by atoms with Gasteiger partial charge in [-0.25, -0.2) is 0 Å². The maximum absolute atomic E-state index is 5.43. The van der Waals surface area contributed by atoms with Gasteiger partial charge in [-0.2, -0.15) is 0 Å². The Morgan fingerprint density at radius 2 is 1.97 bits per heavy atom. The van der Waals surface area contributed by atoms with Crippen LogP contribution < -0.4 is 14.8 Å². The Labute approximate surface area is 172 Å². The van der Waals surface area contributed by atoms with E-state index in [1.54, 1.807) is 20.5 Å². The van der Waals surface area contributed by atoms with Gasteiger partial charge in [-0.3, -0.25) is 4.99 Å². The van der Waals surface area contributed by atoms with Crippen LogP contribution in [0.1, 0.15) is 37.6 Å². The average Bonchev–Trinajstić information content (AvgIpc) is 3.42. The fraction of sp³-hybridized carbons (Fsp3) is 0.571. The van der Waals surface area contributed by atoms with Gasteiger partial charge in [0.05, 0.1) is 20.8 Å². The van der Waals surface area contributed by atoms with Gasteiger partial charge in [0.2, 0.25) is 0 Å². The van der Waals surface area contributed by atoms with Gasteiger partial charge < -0.3 is 24.3 Å². The summed E-state index contributed by atoms with van der Waals surface area (Å²) in [6.45, 7) is 8.42. The van der Waals surface area contributed by atoms with Crippen LogP contribution in [0.25, 0.3) is 0 Å². The van der Waals surface area contributed by atoms with Crippen LogP contribution in [0, 0.1) is 0 Å². The fourth-order valence-electron chi connectivity index (χ4n) is 3.72. The van der Waals surface area contributed by atoms with E-state index in [9.17, 15) is 0 Å². The molecule has 0 spiro atoms. The van der Waals surface area contributed by atoms with E-state index in [0.717, 1.165) is 62.3 Å². The Kier molecular flexibility index (Phi) is 7.32. The molecule has 1 unspecified atom stereocenters. The molecule has 1 aromatic heterocycles. The second-order valence-corrected chi connectivity index (χ2v) is 7.11. The van der Waals surface area contributed by atoms with E-state index in [1.165, 1.54) is 5.56 Å². The van der Waals surface area contributed by atoms with Crippen molar-refractivity contribution in [2.75, 3.05) is 40.4 Å². The first kappa shape index (κ1) is 21.0. The van der Waals surface area contributed by atoms with Gasteiger partial charge >= 0.3 is 0 Å². The van der Waals surface area contributed by atoms with Crippen molar-refractivity contribution >= 4 is 5.96 Å². The molecular weight excluding hydrogens is 368 g/mol. The van der Waals surface area contributed by atoms with Crippen molar-refractivity contribution in [3.63, 3.8) is 0 Å². The summed E-state index contributed by atoms with van der Waals surface area (Å²) < 4.78 is 12.9. The molecule has 0 bridgehead atoms. The van der Waals surface area contributed by atoms with Crippen LogP contribution >= 0.6 is 0 Å². The number of guanidine groups is 1. The molecule has 0 radical (unpaired) electrons. The number of methoxy groups -OCH3 is 2. The molecule has 8 nitrogen and oxygen atoms in total. The Bertz CT molecular complexity index is 797. The van der Waals surface area contributed by atoms with Crippen molar-refractivity contribution in [3.8, 4) is 11.5 Å². The number of hydrogen-bond donors (Lipinski definition) is 1. The molecule has 1 fully saturated rings. The number of aryl methyl sites for hydroxylation is 1. The Morgan fingerprint density at radius 1 is 1.21 bits per heavy atom. The minimum atomic E-state index is 0.424. The third kappa shape index (κ3) is 5.19. The van der Waals surface area contributed by atoms with Gasteiger partial charge in [0, 0.05) is 44.6 Å². The van der Waals surface area contributed by atoms with Crippen LogP contribution in [0.15, 0.2) is 29.5 Å². The summed E-state index contributed by atoms with van der Waals surface area (Å²) in [5, 5.41) is 11.6. The number of aliphatic imine (C=N–C) groups is 1. The number of likely N-dealkylation sites (tertiary alicyclic amines) is 1. The lowest BCUT2D eigenvalue weighted by atomic mass is 9.98. The molecule has 0 aliphatic carbocycles. The second kappa shape index (κ2) is 10.1. The lowest BCUT2D eigenvalue weighted by molar-refractivity contribution is 0.392. The van der Waals surface area contributed by atoms with Gasteiger partial charge in [0.25, 0.3) is 0 Å². The van der Waals surface area contributed by atoms with Gasteiger partial charge in [0.15, 0.2) is 5.96 Å². The van der Waals surface area contributed by atoms with Crippen LogP contribution in [0.5, 0.6) is 11.5 Å². The van der Waals surface area contributed by atoms with Crippen LogP contribution in [-0.2, 0) is 13.0 Å². The van der Waals surface area contributed by atoms with Crippen molar-refractivity contribution in [3.05, 3.63) is 35.9 Å². The number of ether oxygens (including phenoxy) is 2. The Morgan fingerprint density at radius 3 is 2.62 bits per heavy atom. The fourth-order valence-corrected chi connectivity index (χ4v) is 3.72. The van der Waals surface area contributed by atoms with Crippen molar-refractivity contribution in [1.82, 2.24) is 25.0 Å². The highest BCUT2D eigenvalue weighted by Crippen LogP contribution is 2.32. The molecule has 158 valence electrons. The first-order chi connectivity index (χ1) is 14.2. The number of benzene rings is 1. The molecule has 1 aliphatic heterocycles. The van der Waals surface area contributed by atoms with E-state index in [-0.39, 0.29) is 0 Å². The molecule has 1 saturated heterocycles. The summed E-state index contributed by atoms with van der Waals surface area (Å²) >= 11 is 0. The second-order valence-electron chi connectivity index (χ2n) is 7.11. The van der Waals surface area contributed by atoms with Crippen LogP contribution in [0.4, 0.5) is 0 Å². The zero-order chi connectivity index (χ0) is 20.6. The summed E-state index contributed by atoms with van der Waals surface area (Å²) in [6, 6.07) is 6.13. The van der Waals surface area contributed by atoms with Crippen molar-refractivity contribution in [2.24, 2.45) is 4.99 Å². The highest BCUT2D eigenvalue weighted by atomic mass is 16.5. The van der Waals surface area contributed by atoms with Crippen molar-refractivity contribution < 1.29 is 9.47 Å².